The second-order valence-corrected chi connectivity index (χ2v) is 5.36. The van der Waals surface area contributed by atoms with Crippen LogP contribution in [0.5, 0.6) is 0 Å². The Hall–Kier alpha value is -1.75. The number of halogens is 1. The molecule has 1 aromatic rings. The standard InChI is InChI=1S/C16H24ClN3O2/c1-18-16(19-11-7-6-10-15(21)22-3)20(2)12-13-8-4-5-9-14(13)17/h4-5,8-9H,6-7,10-12H2,1-3H3,(H,18,19). The molecule has 1 aromatic carbocycles. The van der Waals surface area contributed by atoms with Crippen LogP contribution in [0.4, 0.5) is 0 Å². The van der Waals surface area contributed by atoms with Crippen LogP contribution in [0.1, 0.15) is 24.8 Å². The van der Waals surface area contributed by atoms with Gasteiger partial charge in [-0.2, -0.15) is 0 Å². The average Bonchev–Trinajstić information content (AvgIpc) is 2.52. The molecule has 5 nitrogen and oxygen atoms in total. The minimum Gasteiger partial charge on any atom is -0.469 e. The Kier molecular flexibility index (Phi) is 8.36. The van der Waals surface area contributed by atoms with Crippen LogP contribution in [0.25, 0.3) is 0 Å². The van der Waals surface area contributed by atoms with Crippen molar-refractivity contribution in [1.82, 2.24) is 10.2 Å². The maximum Gasteiger partial charge on any atom is 0.305 e. The first kappa shape index (κ1) is 18.3. The van der Waals surface area contributed by atoms with Crippen LogP contribution in [-0.4, -0.2) is 44.6 Å². The van der Waals surface area contributed by atoms with Crippen molar-refractivity contribution in [2.75, 3.05) is 27.7 Å². The number of guanidine groups is 1. The zero-order valence-corrected chi connectivity index (χ0v) is 14.2. The van der Waals surface area contributed by atoms with Crippen molar-refractivity contribution in [2.24, 2.45) is 4.99 Å². The summed E-state index contributed by atoms with van der Waals surface area (Å²) in [7, 11) is 5.12. The summed E-state index contributed by atoms with van der Waals surface area (Å²) in [5.41, 5.74) is 1.06. The number of nitrogens with zero attached hydrogens (tertiary/aromatic N) is 2. The Morgan fingerprint density at radius 3 is 2.73 bits per heavy atom. The van der Waals surface area contributed by atoms with Gasteiger partial charge in [0.15, 0.2) is 5.96 Å². The number of carbonyl (C=O) groups excluding carboxylic acids is 1. The van der Waals surface area contributed by atoms with E-state index in [1.54, 1.807) is 7.05 Å². The number of carbonyl (C=O) groups is 1. The first-order valence-corrected chi connectivity index (χ1v) is 7.68. The van der Waals surface area contributed by atoms with Crippen molar-refractivity contribution in [1.29, 1.82) is 0 Å². The number of aliphatic imine (C=N–C) groups is 1. The van der Waals surface area contributed by atoms with E-state index in [4.69, 9.17) is 11.6 Å². The highest BCUT2D eigenvalue weighted by molar-refractivity contribution is 6.31. The molecule has 0 aliphatic heterocycles. The summed E-state index contributed by atoms with van der Waals surface area (Å²) in [6.07, 6.45) is 2.13. The van der Waals surface area contributed by atoms with Crippen molar-refractivity contribution in [3.05, 3.63) is 34.9 Å². The predicted octanol–water partition coefficient (Wildman–Crippen LogP) is 2.69. The highest BCUT2D eigenvalue weighted by Gasteiger charge is 2.08. The number of esters is 1. The molecule has 0 unspecified atom stereocenters. The van der Waals surface area contributed by atoms with Crippen LogP contribution in [0.3, 0.4) is 0 Å². The number of methoxy groups -OCH3 is 1. The normalized spacial score (nSPS) is 11.2. The van der Waals surface area contributed by atoms with Gasteiger partial charge in [0.2, 0.25) is 0 Å². The average molecular weight is 326 g/mol. The van der Waals surface area contributed by atoms with Gasteiger partial charge in [-0.1, -0.05) is 29.8 Å². The van der Waals surface area contributed by atoms with Gasteiger partial charge in [0.1, 0.15) is 0 Å². The zero-order valence-electron chi connectivity index (χ0n) is 13.4. The lowest BCUT2D eigenvalue weighted by atomic mass is 10.2. The topological polar surface area (TPSA) is 53.9 Å². The Labute approximate surface area is 137 Å². The van der Waals surface area contributed by atoms with E-state index >= 15 is 0 Å². The fourth-order valence-corrected chi connectivity index (χ4v) is 2.23. The molecule has 1 rings (SSSR count). The number of rotatable bonds is 7. The Bertz CT molecular complexity index is 506. The smallest absolute Gasteiger partial charge is 0.305 e. The molecule has 0 fully saturated rings. The van der Waals surface area contributed by atoms with Crippen LogP contribution in [0.2, 0.25) is 5.02 Å². The van der Waals surface area contributed by atoms with Crippen LogP contribution in [0, 0.1) is 0 Å². The van der Waals surface area contributed by atoms with Gasteiger partial charge >= 0.3 is 5.97 Å². The Morgan fingerprint density at radius 1 is 1.36 bits per heavy atom. The first-order chi connectivity index (χ1) is 10.6. The Balaban J connectivity index is 2.38. The molecular formula is C16H24ClN3O2. The first-order valence-electron chi connectivity index (χ1n) is 7.30. The maximum absolute atomic E-state index is 11.0. The van der Waals surface area contributed by atoms with Crippen molar-refractivity contribution in [3.8, 4) is 0 Å². The third-order valence-corrected chi connectivity index (χ3v) is 3.63. The lowest BCUT2D eigenvalue weighted by Gasteiger charge is -2.22. The number of hydrogen-bond donors (Lipinski definition) is 1. The minimum absolute atomic E-state index is 0.166. The van der Waals surface area contributed by atoms with Gasteiger partial charge in [-0.15, -0.1) is 0 Å². The second kappa shape index (κ2) is 10.1. The van der Waals surface area contributed by atoms with E-state index in [2.05, 4.69) is 15.0 Å². The fourth-order valence-electron chi connectivity index (χ4n) is 2.04. The van der Waals surface area contributed by atoms with E-state index in [9.17, 15) is 4.79 Å². The third-order valence-electron chi connectivity index (χ3n) is 3.26. The van der Waals surface area contributed by atoms with Crippen LogP contribution >= 0.6 is 11.6 Å². The number of nitrogens with one attached hydrogen (secondary N) is 1. The molecule has 0 saturated carbocycles. The molecule has 0 aliphatic carbocycles. The van der Waals surface area contributed by atoms with Gasteiger partial charge in [0, 0.05) is 38.6 Å². The highest BCUT2D eigenvalue weighted by atomic mass is 35.5. The van der Waals surface area contributed by atoms with E-state index in [0.717, 1.165) is 35.9 Å². The summed E-state index contributed by atoms with van der Waals surface area (Å²) < 4.78 is 4.61. The number of unbranched alkanes of at least 4 members (excludes halogenated alkanes) is 1. The van der Waals surface area contributed by atoms with Crippen LogP contribution in [-0.2, 0) is 16.1 Å². The van der Waals surface area contributed by atoms with Gasteiger partial charge in [-0.25, -0.2) is 0 Å². The summed E-state index contributed by atoms with van der Waals surface area (Å²) in [5.74, 6) is 0.637. The molecule has 0 radical (unpaired) electrons. The number of benzene rings is 1. The molecule has 0 bridgehead atoms. The van der Waals surface area contributed by atoms with Gasteiger partial charge < -0.3 is 15.0 Å². The number of hydrogen-bond acceptors (Lipinski definition) is 3. The van der Waals surface area contributed by atoms with E-state index in [1.165, 1.54) is 7.11 Å². The summed E-state index contributed by atoms with van der Waals surface area (Å²) in [5, 5.41) is 4.03. The largest absolute Gasteiger partial charge is 0.469 e. The van der Waals surface area contributed by atoms with Crippen LogP contribution in [0.15, 0.2) is 29.3 Å². The van der Waals surface area contributed by atoms with Gasteiger partial charge in [0.25, 0.3) is 0 Å². The molecule has 1 N–H and O–H groups in total. The monoisotopic (exact) mass is 325 g/mol. The van der Waals surface area contributed by atoms with Crippen molar-refractivity contribution < 1.29 is 9.53 Å². The van der Waals surface area contributed by atoms with Gasteiger partial charge in [-0.05, 0) is 24.5 Å². The molecule has 0 saturated heterocycles. The summed E-state index contributed by atoms with van der Waals surface area (Å²) in [4.78, 5) is 17.3. The number of ether oxygens (including phenoxy) is 1. The summed E-state index contributed by atoms with van der Waals surface area (Å²) >= 11 is 6.17. The molecule has 0 aromatic heterocycles. The molecule has 0 amide bonds. The molecule has 22 heavy (non-hydrogen) atoms. The van der Waals surface area contributed by atoms with Crippen molar-refractivity contribution >= 4 is 23.5 Å². The molecule has 122 valence electrons. The zero-order chi connectivity index (χ0) is 16.4. The van der Waals surface area contributed by atoms with E-state index in [1.807, 2.05) is 36.2 Å². The molecular weight excluding hydrogens is 302 g/mol. The lowest BCUT2D eigenvalue weighted by Crippen LogP contribution is -2.38. The van der Waals surface area contributed by atoms with Crippen LogP contribution < -0.4 is 5.32 Å². The second-order valence-electron chi connectivity index (χ2n) is 4.95. The van der Waals surface area contributed by atoms with Crippen molar-refractivity contribution in [2.45, 2.75) is 25.8 Å². The predicted molar refractivity (Wildman–Crippen MR) is 90.1 cm³/mol. The summed E-state index contributed by atoms with van der Waals surface area (Å²) in [6, 6.07) is 7.77. The third kappa shape index (κ3) is 6.35. The molecule has 0 heterocycles. The minimum atomic E-state index is -0.166. The van der Waals surface area contributed by atoms with Crippen molar-refractivity contribution in [3.63, 3.8) is 0 Å². The molecule has 0 spiro atoms. The SMILES string of the molecule is CN=C(NCCCCC(=O)OC)N(C)Cc1ccccc1Cl. The fraction of sp³-hybridized carbons (Fsp3) is 0.500. The maximum atomic E-state index is 11.0. The molecule has 0 atom stereocenters. The van der Waals surface area contributed by atoms with E-state index < -0.39 is 0 Å². The van der Waals surface area contributed by atoms with E-state index in [0.29, 0.717) is 13.0 Å². The Morgan fingerprint density at radius 2 is 2.09 bits per heavy atom. The van der Waals surface area contributed by atoms with Gasteiger partial charge in [-0.3, -0.25) is 9.79 Å². The lowest BCUT2D eigenvalue weighted by molar-refractivity contribution is -0.140. The molecule has 0 aliphatic rings. The molecule has 6 heteroatoms. The van der Waals surface area contributed by atoms with Gasteiger partial charge in [0.05, 0.1) is 7.11 Å². The highest BCUT2D eigenvalue weighted by Crippen LogP contribution is 2.16. The summed E-state index contributed by atoms with van der Waals surface area (Å²) in [6.45, 7) is 1.44. The van der Waals surface area contributed by atoms with E-state index in [-0.39, 0.29) is 5.97 Å². The quantitative estimate of drug-likeness (QED) is 0.362.